The van der Waals surface area contributed by atoms with E-state index in [1.165, 1.54) is 10.7 Å². The number of anilines is 1. The van der Waals surface area contributed by atoms with Crippen LogP contribution in [0.25, 0.3) is 5.65 Å². The number of aromatic nitrogens is 4. The summed E-state index contributed by atoms with van der Waals surface area (Å²) in [7, 11) is 0. The number of amides is 1. The molecule has 0 aromatic carbocycles. The molecule has 23 heavy (non-hydrogen) atoms. The van der Waals surface area contributed by atoms with E-state index in [0.717, 1.165) is 5.82 Å². The lowest BCUT2D eigenvalue weighted by molar-refractivity contribution is 0.0240. The Morgan fingerprint density at radius 1 is 1.26 bits per heavy atom. The molecule has 0 aliphatic carbocycles. The largest absolute Gasteiger partial charge is 0.444 e. The molecule has 3 rings (SSSR count). The first-order valence-corrected chi connectivity index (χ1v) is 7.49. The van der Waals surface area contributed by atoms with Crippen molar-refractivity contribution in [2.45, 2.75) is 26.4 Å². The molecule has 1 saturated heterocycles. The third kappa shape index (κ3) is 3.27. The molecule has 124 valence electrons. The Morgan fingerprint density at radius 3 is 2.61 bits per heavy atom. The van der Waals surface area contributed by atoms with Crippen LogP contribution in [0.2, 0.25) is 0 Å². The van der Waals surface area contributed by atoms with Crippen molar-refractivity contribution in [3.05, 3.63) is 22.9 Å². The number of fused-ring (bicyclic) bond motifs is 1. The van der Waals surface area contributed by atoms with Crippen molar-refractivity contribution in [3.63, 3.8) is 0 Å². The van der Waals surface area contributed by atoms with Crippen molar-refractivity contribution in [2.24, 2.45) is 0 Å². The highest BCUT2D eigenvalue weighted by atomic mass is 16.6. The fraction of sp³-hybridized carbons (Fsp3) is 0.571. The number of carbonyl (C=O) groups excluding carboxylic acids is 1. The lowest BCUT2D eigenvalue weighted by atomic mass is 10.2. The van der Waals surface area contributed by atoms with Crippen LogP contribution in [0.1, 0.15) is 20.8 Å². The summed E-state index contributed by atoms with van der Waals surface area (Å²) < 4.78 is 6.73. The van der Waals surface area contributed by atoms with Crippen LogP contribution in [-0.4, -0.2) is 62.4 Å². The van der Waals surface area contributed by atoms with Gasteiger partial charge < -0.3 is 14.5 Å². The molecule has 0 spiro atoms. The third-order valence-corrected chi connectivity index (χ3v) is 3.55. The number of hydrogen-bond donors (Lipinski definition) is 1. The monoisotopic (exact) mass is 320 g/mol. The number of nitrogens with one attached hydrogen (secondary N) is 1. The Labute approximate surface area is 132 Å². The maximum atomic E-state index is 12.1. The molecule has 2 aromatic rings. The van der Waals surface area contributed by atoms with E-state index in [-0.39, 0.29) is 11.8 Å². The summed E-state index contributed by atoms with van der Waals surface area (Å²) in [6.07, 6.45) is 1.16. The summed E-state index contributed by atoms with van der Waals surface area (Å²) in [5, 5.41) is 6.31. The van der Waals surface area contributed by atoms with E-state index >= 15 is 0 Å². The summed E-state index contributed by atoms with van der Waals surface area (Å²) in [4.78, 5) is 31.5. The van der Waals surface area contributed by atoms with Gasteiger partial charge in [0.1, 0.15) is 17.7 Å². The maximum Gasteiger partial charge on any atom is 0.410 e. The minimum atomic E-state index is -0.492. The molecule has 1 N–H and O–H groups in total. The number of nitrogens with zero attached hydrogens (tertiary/aromatic N) is 5. The van der Waals surface area contributed by atoms with Gasteiger partial charge in [0.2, 0.25) is 0 Å². The Hall–Kier alpha value is -2.58. The normalized spacial score (nSPS) is 16.0. The molecule has 0 saturated carbocycles. The van der Waals surface area contributed by atoms with Crippen LogP contribution >= 0.6 is 0 Å². The van der Waals surface area contributed by atoms with E-state index in [1.54, 1.807) is 11.0 Å². The van der Waals surface area contributed by atoms with Gasteiger partial charge >= 0.3 is 11.8 Å². The molecule has 1 aliphatic rings. The van der Waals surface area contributed by atoms with Crippen LogP contribution in [-0.2, 0) is 4.74 Å². The zero-order valence-corrected chi connectivity index (χ0v) is 13.4. The maximum absolute atomic E-state index is 12.1. The van der Waals surface area contributed by atoms with Gasteiger partial charge in [-0.05, 0) is 20.8 Å². The van der Waals surface area contributed by atoms with Gasteiger partial charge in [-0.3, -0.25) is 0 Å². The SMILES string of the molecule is CC(C)(C)OC(=O)N1CCN(c2cc3n[nH]c(=O)n3cn2)CC1. The average molecular weight is 320 g/mol. The Morgan fingerprint density at radius 2 is 1.96 bits per heavy atom. The molecule has 1 aliphatic heterocycles. The summed E-state index contributed by atoms with van der Waals surface area (Å²) in [5.41, 5.74) is -0.281. The van der Waals surface area contributed by atoms with Crippen molar-refractivity contribution in [2.75, 3.05) is 31.1 Å². The molecule has 1 amide bonds. The standard InChI is InChI=1S/C14H20N6O3/c1-14(2,3)23-13(22)19-6-4-18(5-7-19)10-8-11-16-17-12(21)20(11)9-15-10/h8-9H,4-7H2,1-3H3,(H,17,21). The number of aromatic amines is 1. The minimum absolute atomic E-state index is 0.292. The topological polar surface area (TPSA) is 95.8 Å². The Kier molecular flexibility index (Phi) is 3.70. The molecule has 9 nitrogen and oxygen atoms in total. The zero-order valence-electron chi connectivity index (χ0n) is 13.4. The second-order valence-electron chi connectivity index (χ2n) is 6.46. The van der Waals surface area contributed by atoms with Gasteiger partial charge in [-0.1, -0.05) is 0 Å². The van der Waals surface area contributed by atoms with Crippen molar-refractivity contribution in [1.82, 2.24) is 24.5 Å². The summed E-state index contributed by atoms with van der Waals surface area (Å²) in [6.45, 7) is 7.99. The highest BCUT2D eigenvalue weighted by Gasteiger charge is 2.26. The van der Waals surface area contributed by atoms with Crippen molar-refractivity contribution >= 4 is 17.6 Å². The quantitative estimate of drug-likeness (QED) is 0.821. The highest BCUT2D eigenvalue weighted by Crippen LogP contribution is 2.16. The number of H-pyrrole nitrogens is 1. The first kappa shape index (κ1) is 15.3. The molecule has 0 radical (unpaired) electrons. The number of rotatable bonds is 1. The lowest BCUT2D eigenvalue weighted by Crippen LogP contribution is -2.50. The molecule has 9 heteroatoms. The smallest absolute Gasteiger partial charge is 0.410 e. The van der Waals surface area contributed by atoms with Crippen molar-refractivity contribution in [1.29, 1.82) is 0 Å². The van der Waals surface area contributed by atoms with Gasteiger partial charge in [0, 0.05) is 32.2 Å². The Bertz CT molecular complexity index is 767. The van der Waals surface area contributed by atoms with Crippen LogP contribution in [0, 0.1) is 0 Å². The fourth-order valence-corrected chi connectivity index (χ4v) is 2.42. The second kappa shape index (κ2) is 5.56. The lowest BCUT2D eigenvalue weighted by Gasteiger charge is -2.36. The number of carbonyl (C=O) groups is 1. The molecule has 3 heterocycles. The van der Waals surface area contributed by atoms with E-state index in [2.05, 4.69) is 20.1 Å². The summed E-state index contributed by atoms with van der Waals surface area (Å²) >= 11 is 0. The van der Waals surface area contributed by atoms with E-state index in [0.29, 0.717) is 31.8 Å². The highest BCUT2D eigenvalue weighted by molar-refractivity contribution is 5.68. The van der Waals surface area contributed by atoms with Crippen molar-refractivity contribution in [3.8, 4) is 0 Å². The molecular formula is C14H20N6O3. The van der Waals surface area contributed by atoms with E-state index < -0.39 is 5.60 Å². The molecule has 1 fully saturated rings. The van der Waals surface area contributed by atoms with Gasteiger partial charge in [-0.15, -0.1) is 0 Å². The van der Waals surface area contributed by atoms with Gasteiger partial charge in [0.05, 0.1) is 0 Å². The molecule has 2 aromatic heterocycles. The van der Waals surface area contributed by atoms with Gasteiger partial charge in [0.25, 0.3) is 0 Å². The van der Waals surface area contributed by atoms with Gasteiger partial charge in [0.15, 0.2) is 5.65 Å². The predicted molar refractivity (Wildman–Crippen MR) is 83.6 cm³/mol. The zero-order chi connectivity index (χ0) is 16.6. The van der Waals surface area contributed by atoms with Gasteiger partial charge in [-0.25, -0.2) is 24.1 Å². The summed E-state index contributed by atoms with van der Waals surface area (Å²) in [5.74, 6) is 0.736. The van der Waals surface area contributed by atoms with Crippen LogP contribution in [0.3, 0.4) is 0 Å². The summed E-state index contributed by atoms with van der Waals surface area (Å²) in [6, 6.07) is 1.75. The fourth-order valence-electron chi connectivity index (χ4n) is 2.42. The van der Waals surface area contributed by atoms with Gasteiger partial charge in [-0.2, -0.15) is 5.10 Å². The molecule has 0 atom stereocenters. The van der Waals surface area contributed by atoms with Crippen LogP contribution in [0.5, 0.6) is 0 Å². The first-order valence-electron chi connectivity index (χ1n) is 7.49. The second-order valence-corrected chi connectivity index (χ2v) is 6.46. The minimum Gasteiger partial charge on any atom is -0.444 e. The van der Waals surface area contributed by atoms with E-state index in [4.69, 9.17) is 4.74 Å². The molecule has 0 unspecified atom stereocenters. The molecular weight excluding hydrogens is 300 g/mol. The van der Waals surface area contributed by atoms with E-state index in [9.17, 15) is 9.59 Å². The number of hydrogen-bond acceptors (Lipinski definition) is 6. The van der Waals surface area contributed by atoms with Crippen LogP contribution in [0.15, 0.2) is 17.2 Å². The first-order chi connectivity index (χ1) is 10.8. The van der Waals surface area contributed by atoms with Crippen LogP contribution in [0.4, 0.5) is 10.6 Å². The number of piperazine rings is 1. The van der Waals surface area contributed by atoms with Crippen molar-refractivity contribution < 1.29 is 9.53 Å². The third-order valence-electron chi connectivity index (χ3n) is 3.55. The number of ether oxygens (including phenoxy) is 1. The van der Waals surface area contributed by atoms with E-state index in [1.807, 2.05) is 20.8 Å². The average Bonchev–Trinajstić information content (AvgIpc) is 2.87. The predicted octanol–water partition coefficient (Wildman–Crippen LogP) is 0.475. The van der Waals surface area contributed by atoms with Crippen LogP contribution < -0.4 is 10.6 Å². The Balaban J connectivity index is 1.66. The molecule has 0 bridgehead atoms.